The van der Waals surface area contributed by atoms with Crippen LogP contribution in [-0.4, -0.2) is 18.0 Å². The molecule has 0 amide bonds. The fourth-order valence-corrected chi connectivity index (χ4v) is 1.47. The summed E-state index contributed by atoms with van der Waals surface area (Å²) in [6, 6.07) is 0. The molecule has 0 aliphatic carbocycles. The zero-order chi connectivity index (χ0) is 11.4. The van der Waals surface area contributed by atoms with Crippen LogP contribution in [0.25, 0.3) is 0 Å². The van der Waals surface area contributed by atoms with Crippen LogP contribution in [0.1, 0.15) is 34.1 Å². The highest BCUT2D eigenvalue weighted by Crippen LogP contribution is 2.30. The van der Waals surface area contributed by atoms with E-state index in [2.05, 4.69) is 4.84 Å². The molecule has 0 heterocycles. The number of carbonyl (C=O) groups is 2. The van der Waals surface area contributed by atoms with Gasteiger partial charge in [0.2, 0.25) is 0 Å². The number of hydrogen-bond acceptors (Lipinski definition) is 5. The second-order valence-corrected chi connectivity index (χ2v) is 4.44. The van der Waals surface area contributed by atoms with Crippen LogP contribution in [0.15, 0.2) is 0 Å². The highest BCUT2D eigenvalue weighted by atomic mass is 16.7. The first-order chi connectivity index (χ1) is 6.25. The molecule has 0 aliphatic heterocycles. The Bertz CT molecular complexity index is 223. The normalized spacial score (nSPS) is 12.1. The van der Waals surface area contributed by atoms with Crippen LogP contribution in [0.2, 0.25) is 0 Å². The summed E-state index contributed by atoms with van der Waals surface area (Å²) in [6.45, 7) is 7.15. The average molecular weight is 203 g/mol. The van der Waals surface area contributed by atoms with Gasteiger partial charge in [-0.15, -0.1) is 0 Å². The SMILES string of the molecule is CC(C)(CC(C)(C)C(=O)ON)OC=O. The van der Waals surface area contributed by atoms with Crippen LogP contribution in [0, 0.1) is 5.41 Å². The maximum Gasteiger partial charge on any atom is 0.330 e. The Balaban J connectivity index is 4.48. The summed E-state index contributed by atoms with van der Waals surface area (Å²) in [4.78, 5) is 25.6. The van der Waals surface area contributed by atoms with Crippen molar-refractivity contribution in [2.75, 3.05) is 0 Å². The summed E-state index contributed by atoms with van der Waals surface area (Å²) in [7, 11) is 0. The summed E-state index contributed by atoms with van der Waals surface area (Å²) >= 11 is 0. The minimum absolute atomic E-state index is 0.342. The Labute approximate surface area is 83.5 Å². The molecule has 0 aliphatic rings. The van der Waals surface area contributed by atoms with E-state index in [0.717, 1.165) is 0 Å². The van der Waals surface area contributed by atoms with Crippen molar-refractivity contribution in [3.63, 3.8) is 0 Å². The fourth-order valence-electron chi connectivity index (χ4n) is 1.47. The second kappa shape index (κ2) is 4.41. The quantitative estimate of drug-likeness (QED) is 0.527. The monoisotopic (exact) mass is 203 g/mol. The third kappa shape index (κ3) is 3.74. The molecule has 0 saturated heterocycles. The molecule has 0 aromatic carbocycles. The molecular formula is C9H17NO4. The van der Waals surface area contributed by atoms with E-state index in [-0.39, 0.29) is 0 Å². The largest absolute Gasteiger partial charge is 0.462 e. The molecule has 0 rings (SSSR count). The molecule has 0 unspecified atom stereocenters. The summed E-state index contributed by atoms with van der Waals surface area (Å²) in [6.07, 6.45) is 0.342. The van der Waals surface area contributed by atoms with Gasteiger partial charge in [0.1, 0.15) is 5.60 Å². The second-order valence-electron chi connectivity index (χ2n) is 4.44. The van der Waals surface area contributed by atoms with Crippen molar-refractivity contribution in [2.45, 2.75) is 39.7 Å². The first-order valence-electron chi connectivity index (χ1n) is 4.28. The van der Waals surface area contributed by atoms with E-state index in [1.807, 2.05) is 0 Å². The van der Waals surface area contributed by atoms with Crippen LogP contribution < -0.4 is 5.90 Å². The summed E-state index contributed by atoms with van der Waals surface area (Å²) in [5.74, 6) is 4.26. The van der Waals surface area contributed by atoms with Crippen molar-refractivity contribution >= 4 is 12.4 Å². The Hall–Kier alpha value is -1.10. The smallest absolute Gasteiger partial charge is 0.330 e. The molecule has 5 nitrogen and oxygen atoms in total. The zero-order valence-electron chi connectivity index (χ0n) is 8.99. The van der Waals surface area contributed by atoms with Crippen molar-refractivity contribution < 1.29 is 19.2 Å². The predicted octanol–water partition coefficient (Wildman–Crippen LogP) is 0.771. The molecule has 0 saturated carbocycles. The highest BCUT2D eigenvalue weighted by molar-refractivity contribution is 5.75. The van der Waals surface area contributed by atoms with E-state index in [9.17, 15) is 9.59 Å². The van der Waals surface area contributed by atoms with Gasteiger partial charge in [-0.3, -0.25) is 4.79 Å². The zero-order valence-corrected chi connectivity index (χ0v) is 8.99. The van der Waals surface area contributed by atoms with Gasteiger partial charge < -0.3 is 9.57 Å². The van der Waals surface area contributed by atoms with Gasteiger partial charge in [0.15, 0.2) is 0 Å². The van der Waals surface area contributed by atoms with Gasteiger partial charge >= 0.3 is 5.97 Å². The van der Waals surface area contributed by atoms with E-state index in [4.69, 9.17) is 10.6 Å². The van der Waals surface area contributed by atoms with E-state index in [1.165, 1.54) is 0 Å². The Morgan fingerprint density at radius 2 is 1.86 bits per heavy atom. The van der Waals surface area contributed by atoms with Crippen molar-refractivity contribution in [1.29, 1.82) is 0 Å². The van der Waals surface area contributed by atoms with Gasteiger partial charge in [0.25, 0.3) is 6.47 Å². The molecule has 14 heavy (non-hydrogen) atoms. The maximum atomic E-state index is 11.2. The standard InChI is InChI=1S/C9H17NO4/c1-8(2,7(12)14-10)5-9(3,4)13-6-11/h6H,5,10H2,1-4H3. The lowest BCUT2D eigenvalue weighted by Gasteiger charge is -2.30. The van der Waals surface area contributed by atoms with Crippen molar-refractivity contribution in [3.05, 3.63) is 0 Å². The molecule has 0 spiro atoms. The third-order valence-electron chi connectivity index (χ3n) is 1.89. The highest BCUT2D eigenvalue weighted by Gasteiger charge is 2.37. The van der Waals surface area contributed by atoms with Gasteiger partial charge in [-0.05, 0) is 27.7 Å². The number of hydrogen-bond donors (Lipinski definition) is 1. The van der Waals surface area contributed by atoms with E-state index < -0.39 is 17.0 Å². The minimum atomic E-state index is -0.777. The van der Waals surface area contributed by atoms with Crippen LogP contribution in [-0.2, 0) is 19.2 Å². The summed E-state index contributed by atoms with van der Waals surface area (Å²) in [5.41, 5.74) is -1.49. The molecule has 5 heteroatoms. The topological polar surface area (TPSA) is 78.6 Å². The maximum absolute atomic E-state index is 11.2. The molecule has 0 radical (unpaired) electrons. The van der Waals surface area contributed by atoms with Crippen LogP contribution in [0.5, 0.6) is 0 Å². The molecular weight excluding hydrogens is 186 g/mol. The van der Waals surface area contributed by atoms with Crippen molar-refractivity contribution in [1.82, 2.24) is 0 Å². The lowest BCUT2D eigenvalue weighted by molar-refractivity contribution is -0.161. The van der Waals surface area contributed by atoms with Gasteiger partial charge in [0, 0.05) is 6.42 Å². The molecule has 2 N–H and O–H groups in total. The molecule has 0 atom stereocenters. The summed E-state index contributed by atoms with van der Waals surface area (Å²) in [5, 5.41) is 0. The van der Waals surface area contributed by atoms with Gasteiger partial charge in [-0.1, -0.05) is 0 Å². The molecule has 0 bridgehead atoms. The predicted molar refractivity (Wildman–Crippen MR) is 49.9 cm³/mol. The Morgan fingerprint density at radius 3 is 2.21 bits per heavy atom. The average Bonchev–Trinajstić information content (AvgIpc) is 2.00. The van der Waals surface area contributed by atoms with Gasteiger partial charge in [-0.25, -0.2) is 4.79 Å². The molecule has 0 aromatic heterocycles. The minimum Gasteiger partial charge on any atom is -0.462 e. The first-order valence-corrected chi connectivity index (χ1v) is 4.28. The van der Waals surface area contributed by atoms with Gasteiger partial charge in [-0.2, -0.15) is 5.90 Å². The molecule has 82 valence electrons. The van der Waals surface area contributed by atoms with Crippen molar-refractivity contribution in [2.24, 2.45) is 11.3 Å². The Morgan fingerprint density at radius 1 is 1.36 bits per heavy atom. The van der Waals surface area contributed by atoms with Crippen LogP contribution in [0.4, 0.5) is 0 Å². The number of nitrogens with two attached hydrogens (primary N) is 1. The van der Waals surface area contributed by atoms with Crippen LogP contribution >= 0.6 is 0 Å². The van der Waals surface area contributed by atoms with E-state index >= 15 is 0 Å². The lowest BCUT2D eigenvalue weighted by Crippen LogP contribution is -2.37. The lowest BCUT2D eigenvalue weighted by atomic mass is 9.82. The van der Waals surface area contributed by atoms with Gasteiger partial charge in [0.05, 0.1) is 5.41 Å². The first kappa shape index (κ1) is 12.9. The third-order valence-corrected chi connectivity index (χ3v) is 1.89. The molecule has 0 aromatic rings. The van der Waals surface area contributed by atoms with E-state index in [1.54, 1.807) is 27.7 Å². The number of rotatable bonds is 5. The van der Waals surface area contributed by atoms with Crippen LogP contribution in [0.3, 0.4) is 0 Å². The van der Waals surface area contributed by atoms with E-state index in [0.29, 0.717) is 12.9 Å². The summed E-state index contributed by atoms with van der Waals surface area (Å²) < 4.78 is 4.83. The molecule has 0 fully saturated rings. The number of ether oxygens (including phenoxy) is 1. The Kier molecular flexibility index (Phi) is 4.07. The van der Waals surface area contributed by atoms with Crippen molar-refractivity contribution in [3.8, 4) is 0 Å². The number of carbonyl (C=O) groups excluding carboxylic acids is 2. The fraction of sp³-hybridized carbons (Fsp3) is 0.778.